The molecule has 0 saturated carbocycles. The highest BCUT2D eigenvalue weighted by Crippen LogP contribution is 2.23. The fourth-order valence-electron chi connectivity index (χ4n) is 3.09. The van der Waals surface area contributed by atoms with Crippen molar-refractivity contribution in [2.45, 2.75) is 39.2 Å². The number of rotatable bonds is 4. The molecule has 1 aliphatic rings. The third-order valence-electron chi connectivity index (χ3n) is 4.23. The SMILES string of the molecule is CC(C)n1nccc1-c1cc(CC2CCNCC2)ccn1. The van der Waals surface area contributed by atoms with E-state index < -0.39 is 0 Å². The Labute approximate surface area is 126 Å². The highest BCUT2D eigenvalue weighted by molar-refractivity contribution is 5.55. The predicted octanol–water partition coefficient (Wildman–Crippen LogP) is 3.07. The van der Waals surface area contributed by atoms with E-state index in [4.69, 9.17) is 0 Å². The Morgan fingerprint density at radius 1 is 1.24 bits per heavy atom. The second kappa shape index (κ2) is 6.39. The Balaban J connectivity index is 1.80. The third-order valence-corrected chi connectivity index (χ3v) is 4.23. The van der Waals surface area contributed by atoms with Crippen molar-refractivity contribution in [3.63, 3.8) is 0 Å². The quantitative estimate of drug-likeness (QED) is 0.938. The van der Waals surface area contributed by atoms with Crippen molar-refractivity contribution in [3.05, 3.63) is 36.2 Å². The molecule has 0 radical (unpaired) electrons. The van der Waals surface area contributed by atoms with E-state index in [-0.39, 0.29) is 0 Å². The maximum Gasteiger partial charge on any atom is 0.0885 e. The van der Waals surface area contributed by atoms with Crippen LogP contribution in [0.5, 0.6) is 0 Å². The largest absolute Gasteiger partial charge is 0.317 e. The highest BCUT2D eigenvalue weighted by atomic mass is 15.3. The van der Waals surface area contributed by atoms with Gasteiger partial charge in [-0.3, -0.25) is 9.67 Å². The smallest absolute Gasteiger partial charge is 0.0885 e. The number of pyridine rings is 1. The molecule has 1 fully saturated rings. The van der Waals surface area contributed by atoms with E-state index in [0.717, 1.165) is 36.8 Å². The molecule has 2 aromatic rings. The molecule has 0 spiro atoms. The molecule has 3 rings (SSSR count). The van der Waals surface area contributed by atoms with Crippen molar-refractivity contribution < 1.29 is 0 Å². The zero-order chi connectivity index (χ0) is 14.7. The van der Waals surface area contributed by atoms with Gasteiger partial charge < -0.3 is 5.32 Å². The Hall–Kier alpha value is -1.68. The Morgan fingerprint density at radius 2 is 2.05 bits per heavy atom. The lowest BCUT2D eigenvalue weighted by Crippen LogP contribution is -2.28. The van der Waals surface area contributed by atoms with Crippen molar-refractivity contribution in [3.8, 4) is 11.4 Å². The van der Waals surface area contributed by atoms with E-state index >= 15 is 0 Å². The van der Waals surface area contributed by atoms with Crippen LogP contribution in [0.1, 0.15) is 38.3 Å². The van der Waals surface area contributed by atoms with E-state index in [9.17, 15) is 0 Å². The van der Waals surface area contributed by atoms with Crippen molar-refractivity contribution in [2.24, 2.45) is 5.92 Å². The summed E-state index contributed by atoms with van der Waals surface area (Å²) in [4.78, 5) is 4.54. The monoisotopic (exact) mass is 284 g/mol. The maximum absolute atomic E-state index is 4.54. The molecule has 0 aromatic carbocycles. The van der Waals surface area contributed by atoms with Gasteiger partial charge in [0.2, 0.25) is 0 Å². The molecular weight excluding hydrogens is 260 g/mol. The van der Waals surface area contributed by atoms with E-state index in [0.29, 0.717) is 6.04 Å². The van der Waals surface area contributed by atoms with Crippen LogP contribution >= 0.6 is 0 Å². The first kappa shape index (κ1) is 14.3. The summed E-state index contributed by atoms with van der Waals surface area (Å²) in [6, 6.07) is 6.79. The number of hydrogen-bond donors (Lipinski definition) is 1. The summed E-state index contributed by atoms with van der Waals surface area (Å²) in [5, 5.41) is 7.84. The molecule has 0 bridgehead atoms. The van der Waals surface area contributed by atoms with Crippen LogP contribution < -0.4 is 5.32 Å². The fourth-order valence-corrected chi connectivity index (χ4v) is 3.09. The van der Waals surface area contributed by atoms with Crippen molar-refractivity contribution in [1.29, 1.82) is 0 Å². The normalized spacial score (nSPS) is 16.5. The summed E-state index contributed by atoms with van der Waals surface area (Å²) in [6.07, 6.45) is 7.51. The van der Waals surface area contributed by atoms with Crippen LogP contribution in [0.25, 0.3) is 11.4 Å². The van der Waals surface area contributed by atoms with Gasteiger partial charge in [0.25, 0.3) is 0 Å². The van der Waals surface area contributed by atoms with Gasteiger partial charge in [-0.05, 0) is 75.9 Å². The lowest BCUT2D eigenvalue weighted by atomic mass is 9.91. The van der Waals surface area contributed by atoms with Gasteiger partial charge in [-0.25, -0.2) is 0 Å². The number of piperidine rings is 1. The molecule has 1 saturated heterocycles. The van der Waals surface area contributed by atoms with Gasteiger partial charge in [0.1, 0.15) is 0 Å². The molecule has 0 aliphatic carbocycles. The number of hydrogen-bond acceptors (Lipinski definition) is 3. The molecule has 1 aliphatic heterocycles. The van der Waals surface area contributed by atoms with Crippen LogP contribution in [0.2, 0.25) is 0 Å². The Kier molecular flexibility index (Phi) is 4.34. The molecule has 4 nitrogen and oxygen atoms in total. The lowest BCUT2D eigenvalue weighted by Gasteiger charge is -2.22. The first-order valence-electron chi connectivity index (χ1n) is 7.93. The zero-order valence-corrected chi connectivity index (χ0v) is 12.9. The highest BCUT2D eigenvalue weighted by Gasteiger charge is 2.15. The van der Waals surface area contributed by atoms with Crippen molar-refractivity contribution in [2.75, 3.05) is 13.1 Å². The summed E-state index contributed by atoms with van der Waals surface area (Å²) in [5.41, 5.74) is 3.54. The molecule has 3 heterocycles. The van der Waals surface area contributed by atoms with Gasteiger partial charge in [-0.2, -0.15) is 5.10 Å². The van der Waals surface area contributed by atoms with E-state index in [1.165, 1.54) is 18.4 Å². The molecule has 0 unspecified atom stereocenters. The van der Waals surface area contributed by atoms with Crippen LogP contribution in [0, 0.1) is 5.92 Å². The average Bonchev–Trinajstić information content (AvgIpc) is 2.98. The predicted molar refractivity (Wildman–Crippen MR) is 85.1 cm³/mol. The van der Waals surface area contributed by atoms with Gasteiger partial charge in [0.05, 0.1) is 11.4 Å². The summed E-state index contributed by atoms with van der Waals surface area (Å²) < 4.78 is 2.04. The van der Waals surface area contributed by atoms with Crippen LogP contribution in [0.15, 0.2) is 30.6 Å². The first-order chi connectivity index (χ1) is 10.2. The number of nitrogens with zero attached hydrogens (tertiary/aromatic N) is 3. The molecular formula is C17H24N4. The minimum Gasteiger partial charge on any atom is -0.317 e. The molecule has 4 heteroatoms. The van der Waals surface area contributed by atoms with Gasteiger partial charge in [0.15, 0.2) is 0 Å². The average molecular weight is 284 g/mol. The summed E-state index contributed by atoms with van der Waals surface area (Å²) in [7, 11) is 0. The summed E-state index contributed by atoms with van der Waals surface area (Å²) in [6.45, 7) is 6.61. The van der Waals surface area contributed by atoms with Crippen molar-refractivity contribution in [1.82, 2.24) is 20.1 Å². The summed E-state index contributed by atoms with van der Waals surface area (Å²) in [5.74, 6) is 0.802. The molecule has 0 amide bonds. The second-order valence-electron chi connectivity index (χ2n) is 6.20. The number of nitrogens with one attached hydrogen (secondary N) is 1. The minimum absolute atomic E-state index is 0.352. The van der Waals surface area contributed by atoms with Crippen LogP contribution in [-0.4, -0.2) is 27.9 Å². The van der Waals surface area contributed by atoms with Crippen LogP contribution in [0.3, 0.4) is 0 Å². The molecule has 0 atom stereocenters. The number of aromatic nitrogens is 3. The van der Waals surface area contributed by atoms with Gasteiger partial charge in [0, 0.05) is 18.4 Å². The van der Waals surface area contributed by atoms with Crippen LogP contribution in [-0.2, 0) is 6.42 Å². The van der Waals surface area contributed by atoms with E-state index in [2.05, 4.69) is 47.4 Å². The molecule has 1 N–H and O–H groups in total. The third kappa shape index (κ3) is 3.32. The topological polar surface area (TPSA) is 42.7 Å². The second-order valence-corrected chi connectivity index (χ2v) is 6.20. The maximum atomic E-state index is 4.54. The zero-order valence-electron chi connectivity index (χ0n) is 12.9. The van der Waals surface area contributed by atoms with Crippen molar-refractivity contribution >= 4 is 0 Å². The molecule has 112 valence electrons. The standard InChI is InChI=1S/C17H24N4/c1-13(2)21-17(6-10-20-21)16-12-15(5-9-19-16)11-14-3-7-18-8-4-14/h5-6,9-10,12-14,18H,3-4,7-8,11H2,1-2H3. The summed E-state index contributed by atoms with van der Waals surface area (Å²) >= 11 is 0. The van der Waals surface area contributed by atoms with Gasteiger partial charge in [-0.1, -0.05) is 0 Å². The lowest BCUT2D eigenvalue weighted by molar-refractivity contribution is 0.372. The molecule has 2 aromatic heterocycles. The van der Waals surface area contributed by atoms with Gasteiger partial charge >= 0.3 is 0 Å². The van der Waals surface area contributed by atoms with E-state index in [1.54, 1.807) is 0 Å². The first-order valence-corrected chi connectivity index (χ1v) is 7.93. The molecule has 21 heavy (non-hydrogen) atoms. The van der Waals surface area contributed by atoms with Crippen LogP contribution in [0.4, 0.5) is 0 Å². The Bertz CT molecular complexity index is 582. The fraction of sp³-hybridized carbons (Fsp3) is 0.529. The van der Waals surface area contributed by atoms with Gasteiger partial charge in [-0.15, -0.1) is 0 Å². The minimum atomic E-state index is 0.352. The van der Waals surface area contributed by atoms with E-state index in [1.807, 2.05) is 17.1 Å². The Morgan fingerprint density at radius 3 is 2.81 bits per heavy atom.